The molecule has 2 N–H and O–H groups in total. The Kier molecular flexibility index (Phi) is 10.2. The van der Waals surface area contributed by atoms with Crippen LogP contribution in [0.3, 0.4) is 0 Å². The van der Waals surface area contributed by atoms with Crippen LogP contribution >= 0.6 is 55.1 Å². The molecule has 0 saturated carbocycles. The largest absolute Gasteiger partial charge is 0.435 e. The van der Waals surface area contributed by atoms with Crippen LogP contribution in [-0.2, 0) is 0 Å². The van der Waals surface area contributed by atoms with E-state index >= 15 is 0 Å². The first kappa shape index (κ1) is 36.8. The fraction of sp³-hybridized carbons (Fsp3) is 0.235. The van der Waals surface area contributed by atoms with Crippen molar-refractivity contribution in [3.63, 3.8) is 0 Å². The number of rotatable bonds is 6. The van der Waals surface area contributed by atoms with Gasteiger partial charge in [-0.15, -0.1) is 0 Å². The van der Waals surface area contributed by atoms with Crippen molar-refractivity contribution < 1.29 is 46.0 Å². The molecule has 0 amide bonds. The summed E-state index contributed by atoms with van der Waals surface area (Å²) in [6.45, 7) is -5.99. The number of aromatic nitrogens is 4. The molecule has 2 aliphatic carbocycles. The summed E-state index contributed by atoms with van der Waals surface area (Å²) < 4.78 is 91.7. The van der Waals surface area contributed by atoms with Crippen molar-refractivity contribution in [2.75, 3.05) is 0 Å². The van der Waals surface area contributed by atoms with E-state index in [4.69, 9.17) is 23.2 Å². The van der Waals surface area contributed by atoms with Gasteiger partial charge in [0.05, 0.1) is 43.9 Å². The molecule has 2 aromatic carbocycles. The van der Waals surface area contributed by atoms with E-state index in [1.807, 2.05) is 0 Å². The maximum absolute atomic E-state index is 13.8. The zero-order valence-corrected chi connectivity index (χ0v) is 30.6. The molecular formula is C34H22Br2Cl2F6N4O4. The molecular weight excluding hydrogens is 873 g/mol. The van der Waals surface area contributed by atoms with Gasteiger partial charge in [0.1, 0.15) is 34.4 Å². The Hall–Kier alpha value is -3.54. The van der Waals surface area contributed by atoms with Gasteiger partial charge < -0.3 is 28.5 Å². The van der Waals surface area contributed by atoms with Crippen molar-refractivity contribution in [3.8, 4) is 11.5 Å². The van der Waals surface area contributed by atoms with Crippen LogP contribution in [0.15, 0.2) is 69.9 Å². The van der Waals surface area contributed by atoms with E-state index in [0.717, 1.165) is 0 Å². The first-order valence-electron chi connectivity index (χ1n) is 15.3. The number of fused-ring (bicyclic) bond motifs is 6. The molecule has 4 heterocycles. The van der Waals surface area contributed by atoms with Gasteiger partial charge >= 0.3 is 13.2 Å². The third-order valence-corrected chi connectivity index (χ3v) is 10.4. The van der Waals surface area contributed by atoms with Crippen molar-refractivity contribution in [1.29, 1.82) is 0 Å². The number of imidazole rings is 2. The molecule has 52 heavy (non-hydrogen) atoms. The third-order valence-electron chi connectivity index (χ3n) is 8.80. The smallest absolute Gasteiger partial charge is 0.387 e. The van der Waals surface area contributed by atoms with Crippen LogP contribution in [0.5, 0.6) is 11.5 Å². The molecule has 8 rings (SSSR count). The van der Waals surface area contributed by atoms with Crippen LogP contribution in [0.1, 0.15) is 70.8 Å². The second kappa shape index (κ2) is 14.4. The molecule has 4 atom stereocenters. The summed E-state index contributed by atoms with van der Waals surface area (Å²) in [7, 11) is 0. The monoisotopic (exact) mass is 892 g/mol. The van der Waals surface area contributed by atoms with E-state index < -0.39 is 48.9 Å². The normalized spacial score (nSPS) is 19.3. The molecule has 0 saturated heterocycles. The number of hydrogen-bond donors (Lipinski definition) is 2. The third kappa shape index (κ3) is 6.84. The number of alkyl halides is 4. The minimum atomic E-state index is -2.99. The molecule has 4 aromatic heterocycles. The average Bonchev–Trinajstić information content (AvgIpc) is 3.80. The molecule has 0 unspecified atom stereocenters. The van der Waals surface area contributed by atoms with Gasteiger partial charge in [0, 0.05) is 57.5 Å². The Morgan fingerprint density at radius 2 is 1.06 bits per heavy atom. The minimum absolute atomic E-state index is 0.0226. The zero-order valence-electron chi connectivity index (χ0n) is 25.9. The lowest BCUT2D eigenvalue weighted by atomic mass is 9.95. The second-order valence-corrected chi connectivity index (χ2v) is 14.5. The van der Waals surface area contributed by atoms with Gasteiger partial charge in [-0.05, 0) is 81.1 Å². The van der Waals surface area contributed by atoms with E-state index in [-0.39, 0.29) is 33.3 Å². The van der Waals surface area contributed by atoms with Crippen LogP contribution in [-0.4, -0.2) is 42.2 Å². The van der Waals surface area contributed by atoms with Crippen LogP contribution in [0.4, 0.5) is 26.3 Å². The molecule has 272 valence electrons. The first-order chi connectivity index (χ1) is 24.7. The van der Waals surface area contributed by atoms with Crippen molar-refractivity contribution in [2.45, 2.75) is 50.1 Å². The quantitative estimate of drug-likeness (QED) is 0.162. The lowest BCUT2D eigenvalue weighted by Gasteiger charge is -2.18. The number of pyridine rings is 2. The van der Waals surface area contributed by atoms with E-state index in [9.17, 15) is 36.6 Å². The molecule has 0 radical (unpaired) electrons. The predicted molar refractivity (Wildman–Crippen MR) is 185 cm³/mol. The highest BCUT2D eigenvalue weighted by Crippen LogP contribution is 2.49. The van der Waals surface area contributed by atoms with E-state index in [1.54, 1.807) is 8.80 Å². The SMILES string of the molecule is O[C@@H]1C[C@H](c2cc(Cl)ccc2OC(F)F)c2c1nc1cc(F)c(Br)cn21.O[C@H]1C[C@@H](c2cc(Cl)ccc2OC(F)F)c2c1nc1cc(F)c(Br)cn21. The molecule has 0 bridgehead atoms. The van der Waals surface area contributed by atoms with Crippen LogP contribution in [0, 0.1) is 11.6 Å². The zero-order chi connectivity index (χ0) is 37.2. The predicted octanol–water partition coefficient (Wildman–Crippen LogP) is 10.1. The molecule has 0 spiro atoms. The Labute approximate surface area is 316 Å². The Bertz CT molecular complexity index is 2180. The van der Waals surface area contributed by atoms with Gasteiger partial charge in [-0.1, -0.05) is 23.2 Å². The van der Waals surface area contributed by atoms with E-state index in [1.165, 1.54) is 60.9 Å². The van der Waals surface area contributed by atoms with Crippen molar-refractivity contribution in [3.05, 3.63) is 125 Å². The van der Waals surface area contributed by atoms with Gasteiger partial charge in [0.15, 0.2) is 0 Å². The van der Waals surface area contributed by atoms with Crippen LogP contribution in [0.25, 0.3) is 11.3 Å². The van der Waals surface area contributed by atoms with Crippen LogP contribution < -0.4 is 9.47 Å². The second-order valence-electron chi connectivity index (χ2n) is 11.9. The topological polar surface area (TPSA) is 93.5 Å². The number of aliphatic hydroxyl groups excluding tert-OH is 2. The van der Waals surface area contributed by atoms with E-state index in [0.29, 0.717) is 55.2 Å². The van der Waals surface area contributed by atoms with Gasteiger partial charge in [0.2, 0.25) is 0 Å². The van der Waals surface area contributed by atoms with Crippen molar-refractivity contribution >= 4 is 66.4 Å². The number of ether oxygens (including phenoxy) is 2. The molecule has 0 fully saturated rings. The Morgan fingerprint density at radius 3 is 1.42 bits per heavy atom. The highest BCUT2D eigenvalue weighted by molar-refractivity contribution is 9.10. The van der Waals surface area contributed by atoms with Gasteiger partial charge in [-0.2, -0.15) is 17.6 Å². The molecule has 6 aromatic rings. The number of hydrogen-bond acceptors (Lipinski definition) is 6. The van der Waals surface area contributed by atoms with Gasteiger partial charge in [-0.3, -0.25) is 0 Å². The molecule has 0 aliphatic heterocycles. The average molecular weight is 895 g/mol. The first-order valence-corrected chi connectivity index (χ1v) is 17.6. The lowest BCUT2D eigenvalue weighted by Crippen LogP contribution is -2.08. The van der Waals surface area contributed by atoms with E-state index in [2.05, 4.69) is 51.3 Å². The Balaban J connectivity index is 0.000000162. The van der Waals surface area contributed by atoms with Gasteiger partial charge in [0.25, 0.3) is 0 Å². The summed E-state index contributed by atoms with van der Waals surface area (Å²) in [6.07, 6.45) is 1.65. The maximum atomic E-state index is 13.8. The van der Waals surface area contributed by atoms with Crippen LogP contribution in [0.2, 0.25) is 10.0 Å². The summed E-state index contributed by atoms with van der Waals surface area (Å²) in [5.74, 6) is -2.00. The highest BCUT2D eigenvalue weighted by atomic mass is 79.9. The summed E-state index contributed by atoms with van der Waals surface area (Å²) >= 11 is 18.4. The minimum Gasteiger partial charge on any atom is -0.435 e. The number of aliphatic hydroxyl groups is 2. The fourth-order valence-electron chi connectivity index (χ4n) is 6.77. The van der Waals surface area contributed by atoms with Crippen molar-refractivity contribution in [1.82, 2.24) is 18.8 Å². The highest BCUT2D eigenvalue weighted by Gasteiger charge is 2.39. The molecule has 8 nitrogen and oxygen atoms in total. The van der Waals surface area contributed by atoms with Crippen molar-refractivity contribution in [2.24, 2.45) is 0 Å². The summed E-state index contributed by atoms with van der Waals surface area (Å²) in [5.41, 5.74) is 3.42. The molecule has 18 heteroatoms. The van der Waals surface area contributed by atoms with Gasteiger partial charge in [-0.25, -0.2) is 18.7 Å². The number of benzene rings is 2. The maximum Gasteiger partial charge on any atom is 0.387 e. The fourth-order valence-corrected chi connectivity index (χ4v) is 7.77. The lowest BCUT2D eigenvalue weighted by molar-refractivity contribution is -0.0512. The number of nitrogens with zero attached hydrogens (tertiary/aromatic N) is 4. The summed E-state index contributed by atoms with van der Waals surface area (Å²) in [4.78, 5) is 8.59. The Morgan fingerprint density at radius 1 is 0.673 bits per heavy atom. The summed E-state index contributed by atoms with van der Waals surface area (Å²) in [6, 6.07) is 11.2. The standard InChI is InChI=1S/2C17H11BrClF3N2O2/c2*18-10-6-24-14(5-11(10)20)23-15-12(25)4-9(16(15)24)8-3-7(19)1-2-13(8)26-17(21)22/h2*1-3,5-6,9,12,17,25H,4H2/t2*9-,12-/m10/s1. The number of halogens is 10. The summed E-state index contributed by atoms with van der Waals surface area (Å²) in [5, 5.41) is 21.5. The molecule has 2 aliphatic rings.